The quantitative estimate of drug-likeness (QED) is 0.729. The molecule has 0 saturated carbocycles. The Morgan fingerprint density at radius 1 is 1.11 bits per heavy atom. The van der Waals surface area contributed by atoms with Gasteiger partial charge >= 0.3 is 0 Å². The van der Waals surface area contributed by atoms with E-state index in [0.717, 1.165) is 35.7 Å². The Bertz CT molecular complexity index is 1010. The van der Waals surface area contributed by atoms with Gasteiger partial charge in [0.05, 0.1) is 35.9 Å². The Balaban J connectivity index is 1.59. The molecular formula is C21H20N6O. The molecule has 140 valence electrons. The smallest absolute Gasteiger partial charge is 0.227 e. The number of nitrogens with one attached hydrogen (secondary N) is 1. The van der Waals surface area contributed by atoms with E-state index < -0.39 is 0 Å². The lowest BCUT2D eigenvalue weighted by atomic mass is 10.1. The van der Waals surface area contributed by atoms with E-state index in [4.69, 9.17) is 4.74 Å². The van der Waals surface area contributed by atoms with Crippen LogP contribution in [0.25, 0.3) is 11.3 Å². The third-order valence-corrected chi connectivity index (χ3v) is 4.72. The molecule has 0 aliphatic carbocycles. The highest BCUT2D eigenvalue weighted by molar-refractivity contribution is 5.70. The van der Waals surface area contributed by atoms with Crippen LogP contribution in [0.3, 0.4) is 0 Å². The SMILES string of the molecule is COc1ccc(Nc2nccc(-c3ccc(N4CCCC4)c(C#N)c3)n2)cn1. The maximum absolute atomic E-state index is 9.60. The molecule has 0 unspecified atom stereocenters. The summed E-state index contributed by atoms with van der Waals surface area (Å²) in [6.45, 7) is 2.01. The third kappa shape index (κ3) is 3.71. The maximum Gasteiger partial charge on any atom is 0.227 e. The van der Waals surface area contributed by atoms with E-state index in [9.17, 15) is 5.26 Å². The fraction of sp³-hybridized carbons (Fsp3) is 0.238. The van der Waals surface area contributed by atoms with Crippen molar-refractivity contribution >= 4 is 17.3 Å². The molecule has 3 aromatic rings. The van der Waals surface area contributed by atoms with Gasteiger partial charge in [-0.3, -0.25) is 0 Å². The molecule has 0 atom stereocenters. The molecule has 28 heavy (non-hydrogen) atoms. The van der Waals surface area contributed by atoms with Crippen molar-refractivity contribution in [2.45, 2.75) is 12.8 Å². The Labute approximate surface area is 163 Å². The predicted octanol–water partition coefficient (Wildman–Crippen LogP) is 3.76. The van der Waals surface area contributed by atoms with Crippen molar-refractivity contribution in [3.05, 3.63) is 54.4 Å². The number of anilines is 3. The van der Waals surface area contributed by atoms with Crippen LogP contribution in [-0.2, 0) is 0 Å². The zero-order chi connectivity index (χ0) is 19.3. The number of hydrogen-bond acceptors (Lipinski definition) is 7. The van der Waals surface area contributed by atoms with Gasteiger partial charge < -0.3 is 15.0 Å². The lowest BCUT2D eigenvalue weighted by molar-refractivity contribution is 0.398. The summed E-state index contributed by atoms with van der Waals surface area (Å²) < 4.78 is 5.06. The number of pyridine rings is 1. The first-order valence-electron chi connectivity index (χ1n) is 9.16. The molecule has 2 aromatic heterocycles. The first kappa shape index (κ1) is 17.7. The Hall–Kier alpha value is -3.66. The molecule has 1 aliphatic rings. The number of nitrogens with zero attached hydrogens (tertiary/aromatic N) is 5. The van der Waals surface area contributed by atoms with Gasteiger partial charge in [-0.05, 0) is 37.1 Å². The fourth-order valence-electron chi connectivity index (χ4n) is 3.30. The van der Waals surface area contributed by atoms with Crippen molar-refractivity contribution in [1.29, 1.82) is 5.26 Å². The standard InChI is InChI=1S/C21H20N6O/c1-28-20-7-5-17(14-24-20)25-21-23-9-8-18(26-21)15-4-6-19(16(12-15)13-22)27-10-2-3-11-27/h4-9,12,14H,2-3,10-11H2,1H3,(H,23,25,26). The summed E-state index contributed by atoms with van der Waals surface area (Å²) >= 11 is 0. The second-order valence-corrected chi connectivity index (χ2v) is 6.52. The van der Waals surface area contributed by atoms with Crippen LogP contribution in [0.5, 0.6) is 5.88 Å². The molecule has 0 bridgehead atoms. The molecule has 1 fully saturated rings. The first-order chi connectivity index (χ1) is 13.8. The van der Waals surface area contributed by atoms with Crippen molar-refractivity contribution in [1.82, 2.24) is 15.0 Å². The predicted molar refractivity (Wildman–Crippen MR) is 108 cm³/mol. The van der Waals surface area contributed by atoms with E-state index in [1.54, 1.807) is 25.6 Å². The van der Waals surface area contributed by atoms with E-state index in [-0.39, 0.29) is 0 Å². The summed E-state index contributed by atoms with van der Waals surface area (Å²) in [6, 6.07) is 13.7. The maximum atomic E-state index is 9.60. The van der Waals surface area contributed by atoms with Crippen LogP contribution in [0.15, 0.2) is 48.8 Å². The van der Waals surface area contributed by atoms with Crippen molar-refractivity contribution < 1.29 is 4.74 Å². The summed E-state index contributed by atoms with van der Waals surface area (Å²) in [4.78, 5) is 15.3. The van der Waals surface area contributed by atoms with E-state index in [2.05, 4.69) is 31.2 Å². The van der Waals surface area contributed by atoms with E-state index in [1.807, 2.05) is 30.3 Å². The highest BCUT2D eigenvalue weighted by Crippen LogP contribution is 2.29. The Morgan fingerprint density at radius 2 is 1.96 bits per heavy atom. The number of methoxy groups -OCH3 is 1. The molecule has 7 heteroatoms. The molecule has 1 saturated heterocycles. The van der Waals surface area contributed by atoms with Crippen LogP contribution in [0.4, 0.5) is 17.3 Å². The normalized spacial score (nSPS) is 13.2. The molecule has 0 amide bonds. The summed E-state index contributed by atoms with van der Waals surface area (Å²) in [5.74, 6) is 1.01. The van der Waals surface area contributed by atoms with E-state index in [0.29, 0.717) is 17.4 Å². The molecule has 0 radical (unpaired) electrons. The van der Waals surface area contributed by atoms with Crippen LogP contribution < -0.4 is 15.0 Å². The minimum atomic E-state index is 0.464. The highest BCUT2D eigenvalue weighted by atomic mass is 16.5. The number of ether oxygens (including phenoxy) is 1. The largest absolute Gasteiger partial charge is 0.481 e. The molecule has 1 aliphatic heterocycles. The lowest BCUT2D eigenvalue weighted by Crippen LogP contribution is -2.18. The summed E-state index contributed by atoms with van der Waals surface area (Å²) in [7, 11) is 1.58. The van der Waals surface area contributed by atoms with E-state index >= 15 is 0 Å². The Kier molecular flexibility index (Phi) is 5.02. The van der Waals surface area contributed by atoms with Gasteiger partial charge in [0.25, 0.3) is 0 Å². The molecular weight excluding hydrogens is 352 g/mol. The average Bonchev–Trinajstić information content (AvgIpc) is 3.29. The fourth-order valence-corrected chi connectivity index (χ4v) is 3.30. The van der Waals surface area contributed by atoms with E-state index in [1.165, 1.54) is 12.8 Å². The molecule has 7 nitrogen and oxygen atoms in total. The summed E-state index contributed by atoms with van der Waals surface area (Å²) in [5, 5.41) is 12.7. The highest BCUT2D eigenvalue weighted by Gasteiger charge is 2.16. The second-order valence-electron chi connectivity index (χ2n) is 6.52. The van der Waals surface area contributed by atoms with Crippen LogP contribution >= 0.6 is 0 Å². The van der Waals surface area contributed by atoms with Crippen molar-refractivity contribution in [3.8, 4) is 23.2 Å². The van der Waals surface area contributed by atoms with Crippen molar-refractivity contribution in [2.75, 3.05) is 30.4 Å². The lowest BCUT2D eigenvalue weighted by Gasteiger charge is -2.19. The number of nitriles is 1. The van der Waals surface area contributed by atoms with Gasteiger partial charge in [0, 0.05) is 30.9 Å². The number of benzene rings is 1. The molecule has 1 N–H and O–H groups in total. The molecule has 4 rings (SSSR count). The summed E-state index contributed by atoms with van der Waals surface area (Å²) in [6.07, 6.45) is 5.71. The van der Waals surface area contributed by atoms with Crippen molar-refractivity contribution in [3.63, 3.8) is 0 Å². The van der Waals surface area contributed by atoms with Gasteiger partial charge in [0.1, 0.15) is 6.07 Å². The third-order valence-electron chi connectivity index (χ3n) is 4.72. The molecule has 0 spiro atoms. The Morgan fingerprint density at radius 3 is 2.68 bits per heavy atom. The number of hydrogen-bond donors (Lipinski definition) is 1. The monoisotopic (exact) mass is 372 g/mol. The summed E-state index contributed by atoms with van der Waals surface area (Å²) in [5.41, 5.74) is 4.08. The molecule has 1 aromatic carbocycles. The van der Waals surface area contributed by atoms with Gasteiger partial charge in [0.15, 0.2) is 0 Å². The average molecular weight is 372 g/mol. The minimum absolute atomic E-state index is 0.464. The zero-order valence-corrected chi connectivity index (χ0v) is 15.6. The van der Waals surface area contributed by atoms with Gasteiger partial charge in [-0.1, -0.05) is 6.07 Å². The molecule has 3 heterocycles. The second kappa shape index (κ2) is 7.92. The minimum Gasteiger partial charge on any atom is -0.481 e. The van der Waals surface area contributed by atoms with Crippen LogP contribution in [-0.4, -0.2) is 35.2 Å². The van der Waals surface area contributed by atoms with Crippen LogP contribution in [0.1, 0.15) is 18.4 Å². The van der Waals surface area contributed by atoms with Crippen molar-refractivity contribution in [2.24, 2.45) is 0 Å². The van der Waals surface area contributed by atoms with Gasteiger partial charge in [-0.15, -0.1) is 0 Å². The zero-order valence-electron chi connectivity index (χ0n) is 15.6. The van der Waals surface area contributed by atoms with Crippen LogP contribution in [0.2, 0.25) is 0 Å². The number of rotatable bonds is 5. The number of aromatic nitrogens is 3. The topological polar surface area (TPSA) is 87.0 Å². The first-order valence-corrected chi connectivity index (χ1v) is 9.16. The van der Waals surface area contributed by atoms with Gasteiger partial charge in [-0.25, -0.2) is 15.0 Å². The van der Waals surface area contributed by atoms with Gasteiger partial charge in [-0.2, -0.15) is 5.26 Å². The van der Waals surface area contributed by atoms with Crippen LogP contribution in [0, 0.1) is 11.3 Å². The van der Waals surface area contributed by atoms with Gasteiger partial charge in [0.2, 0.25) is 11.8 Å².